The molecule has 2 heterocycles. The molecular weight excluding hydrogens is 348 g/mol. The number of halogens is 1. The van der Waals surface area contributed by atoms with Gasteiger partial charge in [0, 0.05) is 50.9 Å². The summed E-state index contributed by atoms with van der Waals surface area (Å²) < 4.78 is 2.10. The fourth-order valence-electron chi connectivity index (χ4n) is 5.53. The second kappa shape index (κ2) is 8.30. The van der Waals surface area contributed by atoms with Crippen molar-refractivity contribution in [1.29, 1.82) is 0 Å². The summed E-state index contributed by atoms with van der Waals surface area (Å²) in [6.45, 7) is 1.84. The van der Waals surface area contributed by atoms with Gasteiger partial charge in [-0.1, -0.05) is 6.42 Å². The molecule has 2 N–H and O–H groups in total. The van der Waals surface area contributed by atoms with Crippen LogP contribution >= 0.6 is 12.4 Å². The van der Waals surface area contributed by atoms with Crippen molar-refractivity contribution in [2.45, 2.75) is 57.4 Å². The van der Waals surface area contributed by atoms with E-state index in [0.717, 1.165) is 44.6 Å². The van der Waals surface area contributed by atoms with Crippen LogP contribution in [0.1, 0.15) is 50.8 Å². The van der Waals surface area contributed by atoms with Crippen molar-refractivity contribution in [3.8, 4) is 0 Å². The van der Waals surface area contributed by atoms with E-state index in [0.29, 0.717) is 29.7 Å². The van der Waals surface area contributed by atoms with Crippen molar-refractivity contribution in [2.75, 3.05) is 13.1 Å². The lowest BCUT2D eigenvalue weighted by molar-refractivity contribution is -0.140. The molecule has 4 rings (SSSR count). The normalized spacial score (nSPS) is 34.2. The van der Waals surface area contributed by atoms with Gasteiger partial charge in [-0.15, -0.1) is 12.4 Å². The van der Waals surface area contributed by atoms with Gasteiger partial charge in [0.25, 0.3) is 0 Å². The van der Waals surface area contributed by atoms with Crippen LogP contribution in [0.2, 0.25) is 0 Å². The maximum absolute atomic E-state index is 13.2. The number of imidazole rings is 1. The number of aryl methyl sites for hydroxylation is 1. The number of aromatic nitrogens is 2. The Morgan fingerprint density at radius 1 is 1.23 bits per heavy atom. The molecule has 5 nitrogen and oxygen atoms in total. The summed E-state index contributed by atoms with van der Waals surface area (Å²) in [4.78, 5) is 19.8. The van der Waals surface area contributed by atoms with E-state index < -0.39 is 0 Å². The molecule has 1 amide bonds. The van der Waals surface area contributed by atoms with Gasteiger partial charge in [0.05, 0.1) is 0 Å². The molecule has 1 saturated heterocycles. The molecule has 6 heteroatoms. The molecule has 3 fully saturated rings. The molecule has 0 aromatic carbocycles. The van der Waals surface area contributed by atoms with E-state index in [9.17, 15) is 4.79 Å². The summed E-state index contributed by atoms with van der Waals surface area (Å²) in [5.74, 6) is 3.47. The van der Waals surface area contributed by atoms with Gasteiger partial charge in [-0.25, -0.2) is 4.98 Å². The molecular formula is C20H33ClN4O. The number of hydrogen-bond donors (Lipinski definition) is 1. The molecule has 3 aliphatic rings. The van der Waals surface area contributed by atoms with Gasteiger partial charge < -0.3 is 15.2 Å². The summed E-state index contributed by atoms with van der Waals surface area (Å²) >= 11 is 0. The zero-order chi connectivity index (χ0) is 17.4. The van der Waals surface area contributed by atoms with E-state index in [1.807, 2.05) is 12.4 Å². The molecule has 1 aromatic rings. The van der Waals surface area contributed by atoms with Crippen LogP contribution in [-0.2, 0) is 18.3 Å². The van der Waals surface area contributed by atoms with Gasteiger partial charge >= 0.3 is 0 Å². The fourth-order valence-corrected chi connectivity index (χ4v) is 5.53. The van der Waals surface area contributed by atoms with Gasteiger partial charge in [0.15, 0.2) is 0 Å². The van der Waals surface area contributed by atoms with E-state index in [1.165, 1.54) is 25.7 Å². The van der Waals surface area contributed by atoms with Crippen molar-refractivity contribution in [1.82, 2.24) is 14.5 Å². The molecule has 3 atom stereocenters. The van der Waals surface area contributed by atoms with Gasteiger partial charge in [0.2, 0.25) is 5.91 Å². The highest BCUT2D eigenvalue weighted by Crippen LogP contribution is 2.42. The third kappa shape index (κ3) is 3.94. The van der Waals surface area contributed by atoms with Crippen molar-refractivity contribution < 1.29 is 4.79 Å². The van der Waals surface area contributed by atoms with Crippen molar-refractivity contribution in [3.63, 3.8) is 0 Å². The van der Waals surface area contributed by atoms with Gasteiger partial charge in [-0.05, 0) is 56.3 Å². The maximum atomic E-state index is 13.2. The second-order valence-corrected chi connectivity index (χ2v) is 8.65. The Bertz CT molecular complexity index is 605. The summed E-state index contributed by atoms with van der Waals surface area (Å²) in [5.41, 5.74) is 6.40. The van der Waals surface area contributed by atoms with Gasteiger partial charge in [-0.2, -0.15) is 0 Å². The van der Waals surface area contributed by atoms with Crippen LogP contribution in [0.5, 0.6) is 0 Å². The number of amides is 1. The standard InChI is InChI=1S/C20H32N4O.ClH/c1-23-9-7-22-18(23)10-14-4-3-8-24(13-14)20(25)17-11-15-5-2-6-16(12-17)19(15)21;/h7,9,14-17,19H,2-6,8,10-13,21H2,1H3;1H. The van der Waals surface area contributed by atoms with E-state index in [2.05, 4.69) is 21.5 Å². The number of piperidine rings is 1. The van der Waals surface area contributed by atoms with Crippen molar-refractivity contribution in [2.24, 2.45) is 36.5 Å². The smallest absolute Gasteiger partial charge is 0.225 e. The van der Waals surface area contributed by atoms with E-state index >= 15 is 0 Å². The lowest BCUT2D eigenvalue weighted by Crippen LogP contribution is -2.51. The second-order valence-electron chi connectivity index (χ2n) is 8.65. The summed E-state index contributed by atoms with van der Waals surface area (Å²) in [6.07, 6.45) is 13.0. The first-order valence-corrected chi connectivity index (χ1v) is 10.1. The number of likely N-dealkylation sites (tertiary alicyclic amines) is 1. The first kappa shape index (κ1) is 19.7. The highest BCUT2D eigenvalue weighted by atomic mass is 35.5. The Morgan fingerprint density at radius 3 is 2.62 bits per heavy atom. The highest BCUT2D eigenvalue weighted by molar-refractivity contribution is 5.85. The van der Waals surface area contributed by atoms with E-state index in [1.54, 1.807) is 0 Å². The third-order valence-electron chi connectivity index (χ3n) is 6.99. The molecule has 0 radical (unpaired) electrons. The van der Waals surface area contributed by atoms with Crippen molar-refractivity contribution >= 4 is 18.3 Å². The molecule has 2 saturated carbocycles. The topological polar surface area (TPSA) is 64.2 Å². The summed E-state index contributed by atoms with van der Waals surface area (Å²) in [6, 6.07) is 0.343. The number of nitrogens with two attached hydrogens (primary N) is 1. The zero-order valence-corrected chi connectivity index (χ0v) is 16.7. The number of hydrogen-bond acceptors (Lipinski definition) is 3. The fraction of sp³-hybridized carbons (Fsp3) is 0.800. The van der Waals surface area contributed by atoms with Crippen LogP contribution in [0, 0.1) is 23.7 Å². The number of fused-ring (bicyclic) bond motifs is 2. The van der Waals surface area contributed by atoms with Crippen LogP contribution in [0.25, 0.3) is 0 Å². The predicted octanol–water partition coefficient (Wildman–Crippen LogP) is 2.78. The Balaban J connectivity index is 0.00000196. The average molecular weight is 381 g/mol. The quantitative estimate of drug-likeness (QED) is 0.876. The molecule has 26 heavy (non-hydrogen) atoms. The minimum absolute atomic E-state index is 0. The molecule has 3 unspecified atom stereocenters. The molecule has 2 aliphatic carbocycles. The van der Waals surface area contributed by atoms with Crippen LogP contribution in [0.4, 0.5) is 0 Å². The number of carbonyl (C=O) groups is 1. The SMILES string of the molecule is Cl.Cn1ccnc1CC1CCCN(C(=O)C2CC3CCCC(C2)C3N)C1. The Labute approximate surface area is 163 Å². The largest absolute Gasteiger partial charge is 0.342 e. The number of rotatable bonds is 3. The van der Waals surface area contributed by atoms with E-state index in [-0.39, 0.29) is 18.3 Å². The Hall–Kier alpha value is -1.07. The van der Waals surface area contributed by atoms with Gasteiger partial charge in [0.1, 0.15) is 5.82 Å². The van der Waals surface area contributed by atoms with Crippen LogP contribution in [0.15, 0.2) is 12.4 Å². The summed E-state index contributed by atoms with van der Waals surface area (Å²) in [5, 5.41) is 0. The van der Waals surface area contributed by atoms with Gasteiger partial charge in [-0.3, -0.25) is 4.79 Å². The molecule has 1 aromatic heterocycles. The van der Waals surface area contributed by atoms with Crippen LogP contribution < -0.4 is 5.73 Å². The van der Waals surface area contributed by atoms with Crippen molar-refractivity contribution in [3.05, 3.63) is 18.2 Å². The molecule has 1 aliphatic heterocycles. The average Bonchev–Trinajstić information content (AvgIpc) is 2.99. The molecule has 146 valence electrons. The minimum atomic E-state index is 0. The Morgan fingerprint density at radius 2 is 1.96 bits per heavy atom. The molecule has 0 spiro atoms. The zero-order valence-electron chi connectivity index (χ0n) is 15.8. The monoisotopic (exact) mass is 380 g/mol. The van der Waals surface area contributed by atoms with E-state index in [4.69, 9.17) is 5.73 Å². The van der Waals surface area contributed by atoms with Crippen LogP contribution in [0.3, 0.4) is 0 Å². The van der Waals surface area contributed by atoms with Crippen LogP contribution in [-0.4, -0.2) is 39.5 Å². The first-order valence-electron chi connectivity index (χ1n) is 10.1. The number of carbonyl (C=O) groups excluding carboxylic acids is 1. The number of nitrogens with zero attached hydrogens (tertiary/aromatic N) is 3. The molecule has 2 bridgehead atoms. The minimum Gasteiger partial charge on any atom is -0.342 e. The Kier molecular flexibility index (Phi) is 6.29. The third-order valence-corrected chi connectivity index (χ3v) is 6.99. The maximum Gasteiger partial charge on any atom is 0.225 e. The predicted molar refractivity (Wildman–Crippen MR) is 105 cm³/mol. The lowest BCUT2D eigenvalue weighted by Gasteiger charge is -2.45. The lowest BCUT2D eigenvalue weighted by atomic mass is 9.65. The highest BCUT2D eigenvalue weighted by Gasteiger charge is 2.42. The first-order chi connectivity index (χ1) is 12.1. The summed E-state index contributed by atoms with van der Waals surface area (Å²) in [7, 11) is 2.05.